The molecule has 1 heterocycles. The van der Waals surface area contributed by atoms with Gasteiger partial charge in [0.05, 0.1) is 13.2 Å². The third-order valence-electron chi connectivity index (χ3n) is 3.36. The van der Waals surface area contributed by atoms with Gasteiger partial charge in [0.1, 0.15) is 5.54 Å². The molecule has 18 heavy (non-hydrogen) atoms. The van der Waals surface area contributed by atoms with Gasteiger partial charge >= 0.3 is 5.97 Å². The van der Waals surface area contributed by atoms with E-state index in [2.05, 4.69) is 5.32 Å². The van der Waals surface area contributed by atoms with Crippen molar-refractivity contribution in [3.8, 4) is 0 Å². The molecule has 1 atom stereocenters. The van der Waals surface area contributed by atoms with Gasteiger partial charge in [0.15, 0.2) is 0 Å². The van der Waals surface area contributed by atoms with Crippen molar-refractivity contribution in [2.45, 2.75) is 32.2 Å². The molecule has 1 N–H and O–H groups in total. The standard InChI is InChI=1S/C13H25NO4/c1-4-18-12(15)13(2,14-3)10-17-9-11-5-7-16-8-6-11/h11,14H,4-10H2,1-3H3. The van der Waals surface area contributed by atoms with Gasteiger partial charge in [0, 0.05) is 19.8 Å². The molecule has 1 saturated heterocycles. The molecule has 1 fully saturated rings. The van der Waals surface area contributed by atoms with Gasteiger partial charge in [-0.15, -0.1) is 0 Å². The number of carbonyl (C=O) groups excluding carboxylic acids is 1. The summed E-state index contributed by atoms with van der Waals surface area (Å²) in [5.41, 5.74) is -0.763. The van der Waals surface area contributed by atoms with Gasteiger partial charge < -0.3 is 19.5 Å². The summed E-state index contributed by atoms with van der Waals surface area (Å²) >= 11 is 0. The molecule has 1 aliphatic heterocycles. The number of hydrogen-bond acceptors (Lipinski definition) is 5. The highest BCUT2D eigenvalue weighted by Gasteiger charge is 2.33. The highest BCUT2D eigenvalue weighted by Crippen LogP contribution is 2.16. The van der Waals surface area contributed by atoms with E-state index in [4.69, 9.17) is 14.2 Å². The normalized spacial score (nSPS) is 20.4. The van der Waals surface area contributed by atoms with E-state index < -0.39 is 5.54 Å². The molecule has 1 aliphatic rings. The van der Waals surface area contributed by atoms with E-state index in [-0.39, 0.29) is 5.97 Å². The Morgan fingerprint density at radius 3 is 2.67 bits per heavy atom. The first-order valence-electron chi connectivity index (χ1n) is 6.64. The molecule has 0 saturated carbocycles. The minimum atomic E-state index is -0.763. The molecule has 0 radical (unpaired) electrons. The zero-order valence-electron chi connectivity index (χ0n) is 11.7. The summed E-state index contributed by atoms with van der Waals surface area (Å²) in [6.45, 7) is 6.63. The molecule has 0 amide bonds. The van der Waals surface area contributed by atoms with Crippen LogP contribution in [0.1, 0.15) is 26.7 Å². The van der Waals surface area contributed by atoms with Gasteiger partial charge in [-0.05, 0) is 39.7 Å². The number of hydrogen-bond donors (Lipinski definition) is 1. The van der Waals surface area contributed by atoms with Crippen LogP contribution in [0.5, 0.6) is 0 Å². The first-order chi connectivity index (χ1) is 8.62. The molecule has 0 spiro atoms. The summed E-state index contributed by atoms with van der Waals surface area (Å²) < 4.78 is 16.0. The first-order valence-corrected chi connectivity index (χ1v) is 6.64. The van der Waals surface area contributed by atoms with Crippen molar-refractivity contribution >= 4 is 5.97 Å². The molecule has 1 unspecified atom stereocenters. The zero-order chi connectivity index (χ0) is 13.4. The Morgan fingerprint density at radius 2 is 2.11 bits per heavy atom. The molecular weight excluding hydrogens is 234 g/mol. The number of esters is 1. The zero-order valence-corrected chi connectivity index (χ0v) is 11.7. The molecule has 0 aliphatic carbocycles. The van der Waals surface area contributed by atoms with Crippen molar-refractivity contribution in [1.82, 2.24) is 5.32 Å². The predicted molar refractivity (Wildman–Crippen MR) is 68.5 cm³/mol. The lowest BCUT2D eigenvalue weighted by Gasteiger charge is -2.28. The Morgan fingerprint density at radius 1 is 1.44 bits per heavy atom. The smallest absolute Gasteiger partial charge is 0.328 e. The molecule has 1 rings (SSSR count). The second-order valence-corrected chi connectivity index (χ2v) is 4.87. The topological polar surface area (TPSA) is 56.8 Å². The number of likely N-dealkylation sites (N-methyl/N-ethyl adjacent to an activating group) is 1. The van der Waals surface area contributed by atoms with Crippen molar-refractivity contribution in [3.63, 3.8) is 0 Å². The minimum absolute atomic E-state index is 0.264. The summed E-state index contributed by atoms with van der Waals surface area (Å²) in [4.78, 5) is 11.8. The maximum atomic E-state index is 11.8. The summed E-state index contributed by atoms with van der Waals surface area (Å²) in [7, 11) is 1.74. The SMILES string of the molecule is CCOC(=O)C(C)(COCC1CCOCC1)NC. The van der Waals surface area contributed by atoms with Crippen LogP contribution in [0.4, 0.5) is 0 Å². The summed E-state index contributed by atoms with van der Waals surface area (Å²) in [6.07, 6.45) is 2.07. The first kappa shape index (κ1) is 15.4. The molecular formula is C13H25NO4. The lowest BCUT2D eigenvalue weighted by atomic mass is 10.0. The van der Waals surface area contributed by atoms with Crippen LogP contribution in [-0.2, 0) is 19.0 Å². The fourth-order valence-electron chi connectivity index (χ4n) is 1.87. The Hall–Kier alpha value is -0.650. The van der Waals surface area contributed by atoms with E-state index in [9.17, 15) is 4.79 Å². The number of carbonyl (C=O) groups is 1. The van der Waals surface area contributed by atoms with Crippen molar-refractivity contribution < 1.29 is 19.0 Å². The lowest BCUT2D eigenvalue weighted by molar-refractivity contribution is -0.153. The Labute approximate surface area is 109 Å². The van der Waals surface area contributed by atoms with Gasteiger partial charge in [0.25, 0.3) is 0 Å². The van der Waals surface area contributed by atoms with Crippen LogP contribution in [0.15, 0.2) is 0 Å². The quantitative estimate of drug-likeness (QED) is 0.690. The number of nitrogens with one attached hydrogen (secondary N) is 1. The Balaban J connectivity index is 2.31. The van der Waals surface area contributed by atoms with Gasteiger partial charge in [-0.1, -0.05) is 0 Å². The van der Waals surface area contributed by atoms with Crippen LogP contribution in [0.2, 0.25) is 0 Å². The minimum Gasteiger partial charge on any atom is -0.465 e. The second kappa shape index (κ2) is 7.71. The predicted octanol–water partition coefficient (Wildman–Crippen LogP) is 0.971. The van der Waals surface area contributed by atoms with Crippen LogP contribution >= 0.6 is 0 Å². The molecule has 0 aromatic rings. The van der Waals surface area contributed by atoms with E-state index in [1.807, 2.05) is 0 Å². The van der Waals surface area contributed by atoms with Gasteiger partial charge in [-0.25, -0.2) is 4.79 Å². The summed E-state index contributed by atoms with van der Waals surface area (Å²) in [5, 5.41) is 2.98. The third-order valence-corrected chi connectivity index (χ3v) is 3.36. The molecule has 0 bridgehead atoms. The Bertz CT molecular complexity index is 253. The van der Waals surface area contributed by atoms with Gasteiger partial charge in [0.2, 0.25) is 0 Å². The van der Waals surface area contributed by atoms with Crippen molar-refractivity contribution in [2.24, 2.45) is 5.92 Å². The highest BCUT2D eigenvalue weighted by atomic mass is 16.5. The van der Waals surface area contributed by atoms with Gasteiger partial charge in [-0.3, -0.25) is 0 Å². The molecule has 5 nitrogen and oxygen atoms in total. The van der Waals surface area contributed by atoms with E-state index >= 15 is 0 Å². The van der Waals surface area contributed by atoms with Crippen molar-refractivity contribution in [3.05, 3.63) is 0 Å². The maximum absolute atomic E-state index is 11.8. The molecule has 5 heteroatoms. The monoisotopic (exact) mass is 259 g/mol. The van der Waals surface area contributed by atoms with Crippen LogP contribution in [0, 0.1) is 5.92 Å². The number of ether oxygens (including phenoxy) is 3. The van der Waals surface area contributed by atoms with Crippen molar-refractivity contribution in [1.29, 1.82) is 0 Å². The van der Waals surface area contributed by atoms with E-state index in [0.29, 0.717) is 25.7 Å². The fraction of sp³-hybridized carbons (Fsp3) is 0.923. The fourth-order valence-corrected chi connectivity index (χ4v) is 1.87. The third kappa shape index (κ3) is 4.55. The van der Waals surface area contributed by atoms with Crippen molar-refractivity contribution in [2.75, 3.05) is 40.1 Å². The average Bonchev–Trinajstić information content (AvgIpc) is 2.40. The molecule has 106 valence electrons. The molecule has 0 aromatic heterocycles. The average molecular weight is 259 g/mol. The number of rotatable bonds is 7. The lowest BCUT2D eigenvalue weighted by Crippen LogP contribution is -2.52. The second-order valence-electron chi connectivity index (χ2n) is 4.87. The van der Waals surface area contributed by atoms with E-state index in [1.54, 1.807) is 20.9 Å². The highest BCUT2D eigenvalue weighted by molar-refractivity contribution is 5.80. The summed E-state index contributed by atoms with van der Waals surface area (Å²) in [5.74, 6) is 0.279. The molecule has 0 aromatic carbocycles. The largest absolute Gasteiger partial charge is 0.465 e. The van der Waals surface area contributed by atoms with Crippen LogP contribution < -0.4 is 5.32 Å². The van der Waals surface area contributed by atoms with Crippen LogP contribution in [0.3, 0.4) is 0 Å². The van der Waals surface area contributed by atoms with Crippen LogP contribution in [-0.4, -0.2) is 51.6 Å². The van der Waals surface area contributed by atoms with E-state index in [0.717, 1.165) is 26.1 Å². The Kier molecular flexibility index (Phi) is 6.60. The van der Waals surface area contributed by atoms with E-state index in [1.165, 1.54) is 0 Å². The maximum Gasteiger partial charge on any atom is 0.328 e. The van der Waals surface area contributed by atoms with Gasteiger partial charge in [-0.2, -0.15) is 0 Å². The summed E-state index contributed by atoms with van der Waals surface area (Å²) in [6, 6.07) is 0. The van der Waals surface area contributed by atoms with Crippen LogP contribution in [0.25, 0.3) is 0 Å².